The Hall–Kier alpha value is -1.93. The van der Waals surface area contributed by atoms with Gasteiger partial charge in [0.1, 0.15) is 5.54 Å². The first kappa shape index (κ1) is 20.8. The van der Waals surface area contributed by atoms with Crippen molar-refractivity contribution in [3.05, 3.63) is 17.5 Å². The number of aromatic nitrogens is 2. The normalized spacial score (nSPS) is 20.2. The summed E-state index contributed by atoms with van der Waals surface area (Å²) in [6, 6.07) is -0.160. The number of methoxy groups -OCH3 is 1. The van der Waals surface area contributed by atoms with Crippen molar-refractivity contribution in [1.82, 2.24) is 24.5 Å². The number of carbonyl (C=O) groups is 2. The fourth-order valence-electron chi connectivity index (χ4n) is 4.31. The molecule has 2 aliphatic rings. The van der Waals surface area contributed by atoms with Crippen LogP contribution in [0.15, 0.2) is 6.20 Å². The van der Waals surface area contributed by atoms with Crippen LogP contribution in [0, 0.1) is 12.8 Å². The van der Waals surface area contributed by atoms with Gasteiger partial charge in [0.05, 0.1) is 12.8 Å². The summed E-state index contributed by atoms with van der Waals surface area (Å²) in [6.45, 7) is 9.90. The van der Waals surface area contributed by atoms with Gasteiger partial charge in [-0.1, -0.05) is 13.8 Å². The van der Waals surface area contributed by atoms with Gasteiger partial charge in [0.2, 0.25) is 0 Å². The Kier molecular flexibility index (Phi) is 6.09. The molecule has 2 fully saturated rings. The maximum absolute atomic E-state index is 13.3. The second-order valence-electron chi connectivity index (χ2n) is 8.42. The first-order valence-corrected chi connectivity index (χ1v) is 10.1. The van der Waals surface area contributed by atoms with Gasteiger partial charge in [-0.05, 0) is 25.7 Å². The molecule has 0 aliphatic carbocycles. The first-order valence-electron chi connectivity index (χ1n) is 10.1. The Morgan fingerprint density at radius 2 is 1.93 bits per heavy atom. The second kappa shape index (κ2) is 8.21. The molecule has 3 amide bonds. The monoisotopic (exact) mass is 391 g/mol. The number of hydrogen-bond acceptors (Lipinski definition) is 5. The minimum Gasteiger partial charge on any atom is -0.383 e. The van der Waals surface area contributed by atoms with Gasteiger partial charge in [-0.15, -0.1) is 0 Å². The molecule has 0 N–H and O–H groups in total. The summed E-state index contributed by atoms with van der Waals surface area (Å²) in [5.74, 6) is 0.223. The zero-order valence-corrected chi connectivity index (χ0v) is 17.8. The van der Waals surface area contributed by atoms with Gasteiger partial charge < -0.3 is 9.64 Å². The number of urea groups is 1. The lowest BCUT2D eigenvalue weighted by molar-refractivity contribution is -0.136. The SMILES string of the molecule is COCCN1C(=O)N(CC(C)C)C(=O)C12CCN(Cc1cnn(C)c1C)CC2. The Morgan fingerprint density at radius 3 is 2.46 bits per heavy atom. The number of hydrogen-bond donors (Lipinski definition) is 0. The predicted molar refractivity (Wildman–Crippen MR) is 106 cm³/mol. The number of aryl methyl sites for hydroxylation is 1. The molecule has 3 heterocycles. The lowest BCUT2D eigenvalue weighted by Gasteiger charge is -2.42. The van der Waals surface area contributed by atoms with Gasteiger partial charge in [-0.25, -0.2) is 4.79 Å². The van der Waals surface area contributed by atoms with Crippen LogP contribution in [0.3, 0.4) is 0 Å². The zero-order chi connectivity index (χ0) is 20.5. The van der Waals surface area contributed by atoms with E-state index in [4.69, 9.17) is 4.74 Å². The van der Waals surface area contributed by atoms with Crippen molar-refractivity contribution >= 4 is 11.9 Å². The van der Waals surface area contributed by atoms with Gasteiger partial charge in [-0.2, -0.15) is 5.10 Å². The van der Waals surface area contributed by atoms with E-state index < -0.39 is 5.54 Å². The molecular formula is C20H33N5O3. The van der Waals surface area contributed by atoms with Crippen LogP contribution < -0.4 is 0 Å². The molecule has 1 aromatic rings. The van der Waals surface area contributed by atoms with Crippen LogP contribution in [0.1, 0.15) is 37.9 Å². The summed E-state index contributed by atoms with van der Waals surface area (Å²) in [6.07, 6.45) is 3.24. The van der Waals surface area contributed by atoms with Gasteiger partial charge >= 0.3 is 6.03 Å². The van der Waals surface area contributed by atoms with Gasteiger partial charge in [0.25, 0.3) is 5.91 Å². The third-order valence-electron chi connectivity index (χ3n) is 6.10. The number of likely N-dealkylation sites (tertiary alicyclic amines) is 1. The molecule has 1 aromatic heterocycles. The molecule has 1 spiro atoms. The van der Waals surface area contributed by atoms with Crippen LogP contribution in [-0.4, -0.2) is 81.9 Å². The fourth-order valence-corrected chi connectivity index (χ4v) is 4.31. The Morgan fingerprint density at radius 1 is 1.25 bits per heavy atom. The van der Waals surface area contributed by atoms with E-state index in [1.54, 1.807) is 12.0 Å². The molecule has 28 heavy (non-hydrogen) atoms. The molecule has 2 saturated heterocycles. The predicted octanol–water partition coefficient (Wildman–Crippen LogP) is 1.63. The van der Waals surface area contributed by atoms with Gasteiger partial charge in [0.15, 0.2) is 0 Å². The van der Waals surface area contributed by atoms with E-state index in [1.165, 1.54) is 10.5 Å². The third-order valence-corrected chi connectivity index (χ3v) is 6.10. The van der Waals surface area contributed by atoms with Crippen molar-refractivity contribution in [1.29, 1.82) is 0 Å². The van der Waals surface area contributed by atoms with Crippen molar-refractivity contribution in [3.63, 3.8) is 0 Å². The summed E-state index contributed by atoms with van der Waals surface area (Å²) in [4.78, 5) is 31.9. The summed E-state index contributed by atoms with van der Waals surface area (Å²) in [7, 11) is 3.57. The van der Waals surface area contributed by atoms with E-state index in [-0.39, 0.29) is 17.9 Å². The van der Waals surface area contributed by atoms with E-state index in [9.17, 15) is 9.59 Å². The van der Waals surface area contributed by atoms with Gasteiger partial charge in [-0.3, -0.25) is 19.3 Å². The maximum Gasteiger partial charge on any atom is 0.327 e. The van der Waals surface area contributed by atoms with Crippen LogP contribution in [0.4, 0.5) is 4.79 Å². The topological polar surface area (TPSA) is 70.9 Å². The highest BCUT2D eigenvalue weighted by Crippen LogP contribution is 2.37. The molecular weight excluding hydrogens is 358 g/mol. The molecule has 156 valence electrons. The van der Waals surface area contributed by atoms with Crippen molar-refractivity contribution in [2.45, 2.75) is 45.7 Å². The molecule has 0 radical (unpaired) electrons. The first-order chi connectivity index (χ1) is 13.3. The van der Waals surface area contributed by atoms with E-state index in [0.29, 0.717) is 32.5 Å². The summed E-state index contributed by atoms with van der Waals surface area (Å²) in [5, 5.41) is 4.32. The fraction of sp³-hybridized carbons (Fsp3) is 0.750. The van der Waals surface area contributed by atoms with Crippen LogP contribution in [0.2, 0.25) is 0 Å². The molecule has 0 unspecified atom stereocenters. The molecule has 0 atom stereocenters. The van der Waals surface area contributed by atoms with Crippen molar-refractivity contribution in [2.24, 2.45) is 13.0 Å². The summed E-state index contributed by atoms with van der Waals surface area (Å²) < 4.78 is 7.10. The number of imide groups is 1. The standard InChI is InChI=1S/C20H33N5O3/c1-15(2)13-24-18(26)20(25(19(24)27)10-11-28-5)6-8-23(9-7-20)14-17-12-21-22(4)16(17)3/h12,15H,6-11,13-14H2,1-5H3. The highest BCUT2D eigenvalue weighted by molar-refractivity contribution is 6.07. The molecule has 8 nitrogen and oxygen atoms in total. The number of rotatable bonds is 7. The Bertz CT molecular complexity index is 721. The molecule has 0 saturated carbocycles. The minimum atomic E-state index is -0.717. The Labute approximate surface area is 167 Å². The lowest BCUT2D eigenvalue weighted by Crippen LogP contribution is -2.57. The van der Waals surface area contributed by atoms with E-state index in [1.807, 2.05) is 31.8 Å². The molecule has 8 heteroatoms. The number of amides is 3. The minimum absolute atomic E-state index is 0.0282. The molecule has 3 rings (SSSR count). The van der Waals surface area contributed by atoms with Crippen molar-refractivity contribution in [2.75, 3.05) is 39.9 Å². The van der Waals surface area contributed by atoms with E-state index in [2.05, 4.69) is 16.9 Å². The number of piperidine rings is 1. The molecule has 0 aromatic carbocycles. The van der Waals surface area contributed by atoms with Crippen molar-refractivity contribution in [3.8, 4) is 0 Å². The Balaban J connectivity index is 1.74. The van der Waals surface area contributed by atoms with Crippen molar-refractivity contribution < 1.29 is 14.3 Å². The van der Waals surface area contributed by atoms with Crippen LogP contribution in [-0.2, 0) is 23.1 Å². The highest BCUT2D eigenvalue weighted by atomic mass is 16.5. The van der Waals surface area contributed by atoms with Crippen LogP contribution in [0.25, 0.3) is 0 Å². The lowest BCUT2D eigenvalue weighted by atomic mass is 9.85. The van der Waals surface area contributed by atoms with Gasteiger partial charge in [0, 0.05) is 58.1 Å². The maximum atomic E-state index is 13.3. The largest absolute Gasteiger partial charge is 0.383 e. The van der Waals surface area contributed by atoms with E-state index >= 15 is 0 Å². The number of carbonyl (C=O) groups excluding carboxylic acids is 2. The number of nitrogens with zero attached hydrogens (tertiary/aromatic N) is 5. The average Bonchev–Trinajstić information content (AvgIpc) is 3.06. The molecule has 2 aliphatic heterocycles. The highest BCUT2D eigenvalue weighted by Gasteiger charge is 2.57. The summed E-state index contributed by atoms with van der Waals surface area (Å²) >= 11 is 0. The van der Waals surface area contributed by atoms with Crippen LogP contribution in [0.5, 0.6) is 0 Å². The second-order valence-corrected chi connectivity index (χ2v) is 8.42. The third kappa shape index (κ3) is 3.67. The molecule has 0 bridgehead atoms. The summed E-state index contributed by atoms with van der Waals surface area (Å²) in [5.41, 5.74) is 1.66. The van der Waals surface area contributed by atoms with Crippen LogP contribution >= 0.6 is 0 Å². The van der Waals surface area contributed by atoms with E-state index in [0.717, 1.165) is 25.3 Å². The number of ether oxygens (including phenoxy) is 1. The average molecular weight is 392 g/mol. The quantitative estimate of drug-likeness (QED) is 0.661. The smallest absolute Gasteiger partial charge is 0.327 e. The zero-order valence-electron chi connectivity index (χ0n) is 17.8.